The molecule has 0 aliphatic heterocycles. The number of carbonyl (C=O) groups is 1. The molecular weight excluding hydrogens is 232 g/mol. The van der Waals surface area contributed by atoms with Crippen molar-refractivity contribution in [1.29, 1.82) is 0 Å². The Balaban J connectivity index is 1.90. The molecule has 3 nitrogen and oxygen atoms in total. The number of hydrogen-bond acceptors (Lipinski definition) is 2. The van der Waals surface area contributed by atoms with Gasteiger partial charge >= 0.3 is 0 Å². The number of hydrogen-bond donors (Lipinski definition) is 2. The van der Waals surface area contributed by atoms with Crippen molar-refractivity contribution in [1.82, 2.24) is 5.32 Å². The molecule has 2 fully saturated rings. The normalized spacial score (nSPS) is 35.1. The third kappa shape index (κ3) is 2.46. The second-order valence-electron chi connectivity index (χ2n) is 5.88. The molecule has 1 amide bonds. The van der Waals surface area contributed by atoms with Crippen molar-refractivity contribution >= 4 is 23.1 Å². The lowest BCUT2D eigenvalue weighted by atomic mass is 9.79. The van der Waals surface area contributed by atoms with E-state index in [9.17, 15) is 4.79 Å². The van der Waals surface area contributed by atoms with Gasteiger partial charge < -0.3 is 11.1 Å². The number of carbonyl (C=O) groups excluding carboxylic acids is 1. The number of thiocarbonyl (C=S) groups is 1. The lowest BCUT2D eigenvalue weighted by Crippen LogP contribution is -2.46. The van der Waals surface area contributed by atoms with Crippen molar-refractivity contribution in [2.24, 2.45) is 23.0 Å². The highest BCUT2D eigenvalue weighted by Crippen LogP contribution is 2.46. The maximum absolute atomic E-state index is 12.1. The minimum Gasteiger partial charge on any atom is -0.392 e. The van der Waals surface area contributed by atoms with Gasteiger partial charge in [0, 0.05) is 6.04 Å². The van der Waals surface area contributed by atoms with Crippen LogP contribution >= 0.6 is 12.2 Å². The molecule has 3 N–H and O–H groups in total. The molecule has 0 saturated heterocycles. The molecule has 0 heterocycles. The molecule has 0 aromatic heterocycles. The number of nitrogens with two attached hydrogens (primary N) is 1. The van der Waals surface area contributed by atoms with Gasteiger partial charge in [-0.1, -0.05) is 26.1 Å². The monoisotopic (exact) mass is 254 g/mol. The van der Waals surface area contributed by atoms with E-state index in [2.05, 4.69) is 19.2 Å². The van der Waals surface area contributed by atoms with E-state index in [1.165, 1.54) is 6.42 Å². The Hall–Kier alpha value is -0.640. The van der Waals surface area contributed by atoms with E-state index in [0.29, 0.717) is 16.9 Å². The van der Waals surface area contributed by atoms with E-state index in [0.717, 1.165) is 31.6 Å². The van der Waals surface area contributed by atoms with Gasteiger partial charge in [-0.05, 0) is 43.9 Å². The van der Waals surface area contributed by atoms with Crippen molar-refractivity contribution in [3.8, 4) is 0 Å². The minimum atomic E-state index is -0.498. The zero-order chi connectivity index (χ0) is 12.6. The van der Waals surface area contributed by atoms with E-state index in [4.69, 9.17) is 18.0 Å². The van der Waals surface area contributed by atoms with Crippen molar-refractivity contribution in [2.75, 3.05) is 0 Å². The Morgan fingerprint density at radius 2 is 1.94 bits per heavy atom. The second kappa shape index (κ2) is 4.56. The zero-order valence-electron chi connectivity index (χ0n) is 10.7. The van der Waals surface area contributed by atoms with Crippen LogP contribution in [0.25, 0.3) is 0 Å². The predicted octanol–water partition coefficient (Wildman–Crippen LogP) is 1.99. The van der Waals surface area contributed by atoms with Gasteiger partial charge in [0.05, 0.1) is 10.4 Å². The average molecular weight is 254 g/mol. The minimum absolute atomic E-state index is 0.0664. The van der Waals surface area contributed by atoms with Crippen LogP contribution in [0.2, 0.25) is 0 Å². The Kier molecular flexibility index (Phi) is 3.43. The largest absolute Gasteiger partial charge is 0.392 e. The Morgan fingerprint density at radius 1 is 1.29 bits per heavy atom. The summed E-state index contributed by atoms with van der Waals surface area (Å²) in [6, 6.07) is 0.320. The summed E-state index contributed by atoms with van der Waals surface area (Å²) in [5.41, 5.74) is 5.16. The topological polar surface area (TPSA) is 55.1 Å². The molecule has 2 aliphatic carbocycles. The van der Waals surface area contributed by atoms with Crippen LogP contribution < -0.4 is 11.1 Å². The lowest BCUT2D eigenvalue weighted by molar-refractivity contribution is -0.125. The van der Waals surface area contributed by atoms with Gasteiger partial charge in [0.2, 0.25) is 5.91 Å². The zero-order valence-corrected chi connectivity index (χ0v) is 11.5. The molecule has 3 atom stereocenters. The molecule has 0 spiro atoms. The number of nitrogens with one attached hydrogen (secondary N) is 1. The molecule has 17 heavy (non-hydrogen) atoms. The second-order valence-corrected chi connectivity index (χ2v) is 6.32. The highest BCUT2D eigenvalue weighted by atomic mass is 32.1. The maximum Gasteiger partial charge on any atom is 0.233 e. The van der Waals surface area contributed by atoms with Crippen molar-refractivity contribution < 1.29 is 4.79 Å². The average Bonchev–Trinajstić information content (AvgIpc) is 3.04. The quantitative estimate of drug-likeness (QED) is 0.757. The van der Waals surface area contributed by atoms with Gasteiger partial charge in [0.1, 0.15) is 0 Å². The molecule has 2 saturated carbocycles. The highest BCUT2D eigenvalue weighted by molar-refractivity contribution is 7.80. The van der Waals surface area contributed by atoms with E-state index < -0.39 is 5.41 Å². The van der Waals surface area contributed by atoms with Gasteiger partial charge in [-0.25, -0.2) is 0 Å². The number of amides is 1. The molecule has 2 rings (SSSR count). The first-order valence-corrected chi connectivity index (χ1v) is 6.97. The van der Waals surface area contributed by atoms with E-state index >= 15 is 0 Å². The van der Waals surface area contributed by atoms with Crippen LogP contribution in [0.3, 0.4) is 0 Å². The van der Waals surface area contributed by atoms with Crippen molar-refractivity contribution in [3.05, 3.63) is 0 Å². The summed E-state index contributed by atoms with van der Waals surface area (Å²) in [5, 5.41) is 3.15. The van der Waals surface area contributed by atoms with Crippen LogP contribution in [0.1, 0.15) is 46.0 Å². The first-order valence-electron chi connectivity index (χ1n) is 6.56. The summed E-state index contributed by atoms with van der Waals surface area (Å²) < 4.78 is 0. The summed E-state index contributed by atoms with van der Waals surface area (Å²) in [6.45, 7) is 4.56. The fraction of sp³-hybridized carbons (Fsp3) is 0.846. The fourth-order valence-corrected chi connectivity index (χ4v) is 3.01. The van der Waals surface area contributed by atoms with Gasteiger partial charge in [0.25, 0.3) is 0 Å². The first-order chi connectivity index (χ1) is 7.95. The molecule has 4 heteroatoms. The van der Waals surface area contributed by atoms with Gasteiger partial charge in [0.15, 0.2) is 0 Å². The molecule has 2 aliphatic rings. The van der Waals surface area contributed by atoms with Crippen molar-refractivity contribution in [2.45, 2.75) is 52.0 Å². The standard InChI is InChI=1S/C13H22N2OS/c1-8-3-4-10(7-9(8)2)15-12(16)13(5-6-13)11(14)17/h8-10H,3-7H2,1-2H3,(H2,14,17)(H,15,16). The summed E-state index contributed by atoms with van der Waals surface area (Å²) >= 11 is 5.00. The van der Waals surface area contributed by atoms with Crippen LogP contribution in [0, 0.1) is 17.3 Å². The van der Waals surface area contributed by atoms with Crippen molar-refractivity contribution in [3.63, 3.8) is 0 Å². The molecule has 0 aromatic rings. The smallest absolute Gasteiger partial charge is 0.233 e. The Bertz CT molecular complexity index is 338. The third-order valence-electron chi connectivity index (χ3n) is 4.59. The van der Waals surface area contributed by atoms with Crippen LogP contribution in [-0.4, -0.2) is 16.9 Å². The molecule has 0 radical (unpaired) electrons. The molecule has 3 unspecified atom stereocenters. The van der Waals surface area contributed by atoms with Gasteiger partial charge in [-0.2, -0.15) is 0 Å². The highest BCUT2D eigenvalue weighted by Gasteiger charge is 2.53. The summed E-state index contributed by atoms with van der Waals surface area (Å²) in [6.07, 6.45) is 5.02. The van der Waals surface area contributed by atoms with E-state index in [-0.39, 0.29) is 5.91 Å². The van der Waals surface area contributed by atoms with Gasteiger partial charge in [-0.15, -0.1) is 0 Å². The van der Waals surface area contributed by atoms with Crippen LogP contribution in [0.15, 0.2) is 0 Å². The Morgan fingerprint density at radius 3 is 2.41 bits per heavy atom. The lowest BCUT2D eigenvalue weighted by Gasteiger charge is -2.33. The third-order valence-corrected chi connectivity index (χ3v) is 4.98. The Labute approximate surface area is 109 Å². The molecule has 0 aromatic carbocycles. The van der Waals surface area contributed by atoms with E-state index in [1.807, 2.05) is 0 Å². The molecular formula is C13H22N2OS. The summed E-state index contributed by atoms with van der Waals surface area (Å²) in [5.74, 6) is 1.53. The predicted molar refractivity (Wildman–Crippen MR) is 72.6 cm³/mol. The first kappa shape index (κ1) is 12.8. The number of rotatable bonds is 3. The molecule has 96 valence electrons. The molecule has 0 bridgehead atoms. The SMILES string of the molecule is CC1CCC(NC(=O)C2(C(N)=S)CC2)CC1C. The summed E-state index contributed by atoms with van der Waals surface area (Å²) in [7, 11) is 0. The van der Waals surface area contributed by atoms with Crippen LogP contribution in [-0.2, 0) is 4.79 Å². The van der Waals surface area contributed by atoms with Gasteiger partial charge in [-0.3, -0.25) is 4.79 Å². The van der Waals surface area contributed by atoms with E-state index in [1.54, 1.807) is 0 Å². The fourth-order valence-electron chi connectivity index (χ4n) is 2.71. The summed E-state index contributed by atoms with van der Waals surface area (Å²) in [4.78, 5) is 12.5. The van der Waals surface area contributed by atoms with Crippen LogP contribution in [0.5, 0.6) is 0 Å². The van der Waals surface area contributed by atoms with Crippen LogP contribution in [0.4, 0.5) is 0 Å². The maximum atomic E-state index is 12.1.